The molecule has 0 aliphatic carbocycles. The first-order valence-electron chi connectivity index (χ1n) is 11.8. The third kappa shape index (κ3) is 5.09. The summed E-state index contributed by atoms with van der Waals surface area (Å²) < 4.78 is 5.21. The van der Waals surface area contributed by atoms with Crippen LogP contribution in [-0.2, 0) is 21.5 Å². The molecular weight excluding hydrogens is 472 g/mol. The number of nitro benzene ring substituents is 1. The smallest absolute Gasteiger partial charge is 0.295 e. The predicted octanol–water partition coefficient (Wildman–Crippen LogP) is 5.52. The Balaban J connectivity index is 1.85. The third-order valence-corrected chi connectivity index (χ3v) is 6.47. The van der Waals surface area contributed by atoms with Crippen molar-refractivity contribution in [3.63, 3.8) is 0 Å². The molecule has 190 valence electrons. The number of nitrogens with zero attached hydrogens (tertiary/aromatic N) is 2. The largest absolute Gasteiger partial charge is 0.507 e. The molecule has 0 radical (unpaired) electrons. The number of Topliss-reactive ketones (excluding diaryl/α,β-unsaturated/α-hetero) is 1. The minimum Gasteiger partial charge on any atom is -0.507 e. The molecule has 4 rings (SSSR count). The van der Waals surface area contributed by atoms with Gasteiger partial charge in [0.2, 0.25) is 0 Å². The molecule has 1 amide bonds. The summed E-state index contributed by atoms with van der Waals surface area (Å²) in [6.45, 7) is 6.37. The quantitative estimate of drug-likeness (QED) is 0.157. The number of aliphatic hydroxyl groups is 1. The molecule has 3 aromatic rings. The van der Waals surface area contributed by atoms with Crippen LogP contribution in [0, 0.1) is 10.1 Å². The van der Waals surface area contributed by atoms with E-state index < -0.39 is 28.4 Å². The van der Waals surface area contributed by atoms with Crippen molar-refractivity contribution in [1.29, 1.82) is 0 Å². The molecule has 1 heterocycles. The minimum absolute atomic E-state index is 0.0907. The van der Waals surface area contributed by atoms with Crippen LogP contribution in [0.5, 0.6) is 5.75 Å². The zero-order chi connectivity index (χ0) is 26.9. The molecule has 3 aromatic carbocycles. The van der Waals surface area contributed by atoms with Crippen LogP contribution in [0.4, 0.5) is 5.69 Å². The highest BCUT2D eigenvalue weighted by Crippen LogP contribution is 2.41. The van der Waals surface area contributed by atoms with E-state index in [1.54, 1.807) is 31.4 Å². The van der Waals surface area contributed by atoms with Gasteiger partial charge in [-0.1, -0.05) is 69.3 Å². The van der Waals surface area contributed by atoms with Crippen molar-refractivity contribution in [3.8, 4) is 5.75 Å². The monoisotopic (exact) mass is 500 g/mol. The Morgan fingerprint density at radius 1 is 1.03 bits per heavy atom. The van der Waals surface area contributed by atoms with Gasteiger partial charge >= 0.3 is 0 Å². The number of ether oxygens (including phenoxy) is 1. The fraction of sp³-hybridized carbons (Fsp3) is 0.241. The Hall–Kier alpha value is -4.46. The number of methoxy groups -OCH3 is 1. The van der Waals surface area contributed by atoms with Crippen molar-refractivity contribution in [3.05, 3.63) is 111 Å². The van der Waals surface area contributed by atoms with E-state index in [1.165, 1.54) is 29.2 Å². The molecule has 0 aromatic heterocycles. The van der Waals surface area contributed by atoms with E-state index in [0.29, 0.717) is 11.3 Å². The molecule has 0 saturated carbocycles. The molecule has 0 spiro atoms. The minimum atomic E-state index is -0.879. The van der Waals surface area contributed by atoms with Gasteiger partial charge in [0.25, 0.3) is 17.4 Å². The molecule has 1 N–H and O–H groups in total. The topological polar surface area (TPSA) is 110 Å². The lowest BCUT2D eigenvalue weighted by molar-refractivity contribution is -0.384. The number of rotatable bonds is 6. The van der Waals surface area contributed by atoms with Gasteiger partial charge in [0.05, 0.1) is 23.6 Å². The molecule has 1 atom stereocenters. The fourth-order valence-corrected chi connectivity index (χ4v) is 4.40. The Labute approximate surface area is 215 Å². The summed E-state index contributed by atoms with van der Waals surface area (Å²) in [5.74, 6) is -1.40. The highest BCUT2D eigenvalue weighted by Gasteiger charge is 2.46. The predicted molar refractivity (Wildman–Crippen MR) is 139 cm³/mol. The van der Waals surface area contributed by atoms with Gasteiger partial charge in [-0.3, -0.25) is 19.7 Å². The average molecular weight is 501 g/mol. The maximum atomic E-state index is 13.3. The van der Waals surface area contributed by atoms with Crippen molar-refractivity contribution in [1.82, 2.24) is 4.90 Å². The zero-order valence-electron chi connectivity index (χ0n) is 21.1. The van der Waals surface area contributed by atoms with Crippen LogP contribution in [0.1, 0.15) is 49.1 Å². The average Bonchev–Trinajstić information content (AvgIpc) is 3.13. The first kappa shape index (κ1) is 25.6. The van der Waals surface area contributed by atoms with Gasteiger partial charge in [-0.15, -0.1) is 0 Å². The first-order valence-corrected chi connectivity index (χ1v) is 11.8. The number of non-ortho nitro benzene ring substituents is 1. The number of hydrogen-bond acceptors (Lipinski definition) is 6. The Morgan fingerprint density at radius 2 is 1.68 bits per heavy atom. The lowest BCUT2D eigenvalue weighted by atomic mass is 9.85. The van der Waals surface area contributed by atoms with Crippen molar-refractivity contribution in [2.45, 2.75) is 38.8 Å². The van der Waals surface area contributed by atoms with Crippen LogP contribution in [0.15, 0.2) is 78.4 Å². The van der Waals surface area contributed by atoms with E-state index in [1.807, 2.05) is 24.3 Å². The normalized spacial score (nSPS) is 17.2. The molecule has 37 heavy (non-hydrogen) atoms. The zero-order valence-corrected chi connectivity index (χ0v) is 21.1. The van der Waals surface area contributed by atoms with E-state index in [0.717, 1.165) is 11.1 Å². The summed E-state index contributed by atoms with van der Waals surface area (Å²) in [7, 11) is 1.56. The van der Waals surface area contributed by atoms with Gasteiger partial charge in [-0.05, 0) is 34.2 Å². The lowest BCUT2D eigenvalue weighted by Gasteiger charge is -2.26. The number of benzene rings is 3. The SMILES string of the molecule is COc1ccc(CN2C(=O)C(=O)/C(=C(\O)c3cccc([N+](=O)[O-])c3)C2c2ccc(C(C)(C)C)cc2)cc1. The standard InChI is InChI=1S/C29H28N2O6/c1-29(2,3)21-12-10-19(11-13-21)25-24(26(32)20-6-5-7-22(16-20)31(35)36)27(33)28(34)30(25)17-18-8-14-23(37-4)15-9-18/h5-16,25,32H,17H2,1-4H3/b26-24-. The van der Waals surface area contributed by atoms with E-state index in [-0.39, 0.29) is 28.8 Å². The van der Waals surface area contributed by atoms with Crippen LogP contribution in [0.2, 0.25) is 0 Å². The van der Waals surface area contributed by atoms with Gasteiger partial charge in [-0.2, -0.15) is 0 Å². The van der Waals surface area contributed by atoms with Crippen molar-refractivity contribution in [2.24, 2.45) is 0 Å². The van der Waals surface area contributed by atoms with E-state index in [9.17, 15) is 24.8 Å². The summed E-state index contributed by atoms with van der Waals surface area (Å²) in [5, 5.41) is 22.5. The molecule has 1 unspecified atom stereocenters. The Morgan fingerprint density at radius 3 is 2.24 bits per heavy atom. The van der Waals surface area contributed by atoms with Gasteiger partial charge in [-0.25, -0.2) is 0 Å². The fourth-order valence-electron chi connectivity index (χ4n) is 4.40. The van der Waals surface area contributed by atoms with E-state index >= 15 is 0 Å². The summed E-state index contributed by atoms with van der Waals surface area (Å²) >= 11 is 0. The summed E-state index contributed by atoms with van der Waals surface area (Å²) in [5.41, 5.74) is 2.13. The van der Waals surface area contributed by atoms with Gasteiger partial charge in [0, 0.05) is 24.2 Å². The molecule has 8 heteroatoms. The lowest BCUT2D eigenvalue weighted by Crippen LogP contribution is -2.29. The highest BCUT2D eigenvalue weighted by atomic mass is 16.6. The second kappa shape index (κ2) is 9.89. The van der Waals surface area contributed by atoms with Gasteiger partial charge in [0.1, 0.15) is 11.5 Å². The van der Waals surface area contributed by atoms with Crippen molar-refractivity contribution >= 4 is 23.1 Å². The van der Waals surface area contributed by atoms with Crippen LogP contribution in [0.25, 0.3) is 5.76 Å². The number of amides is 1. The number of nitro groups is 1. The Kier molecular flexibility index (Phi) is 6.85. The summed E-state index contributed by atoms with van der Waals surface area (Å²) in [6, 6.07) is 19.2. The molecule has 1 fully saturated rings. The maximum Gasteiger partial charge on any atom is 0.295 e. The van der Waals surface area contributed by atoms with Crippen molar-refractivity contribution < 1.29 is 24.4 Å². The van der Waals surface area contributed by atoms with E-state index in [4.69, 9.17) is 4.74 Å². The molecule has 1 aliphatic rings. The highest BCUT2D eigenvalue weighted by molar-refractivity contribution is 6.46. The molecule has 8 nitrogen and oxygen atoms in total. The number of ketones is 1. The van der Waals surface area contributed by atoms with Crippen LogP contribution in [0.3, 0.4) is 0 Å². The molecule has 0 bridgehead atoms. The molecule has 1 saturated heterocycles. The van der Waals surface area contributed by atoms with Crippen molar-refractivity contribution in [2.75, 3.05) is 7.11 Å². The van der Waals surface area contributed by atoms with Crippen LogP contribution >= 0.6 is 0 Å². The number of carbonyl (C=O) groups is 2. The Bertz CT molecular complexity index is 1390. The van der Waals surface area contributed by atoms with Crippen LogP contribution < -0.4 is 4.74 Å². The number of hydrogen-bond donors (Lipinski definition) is 1. The second-order valence-corrected chi connectivity index (χ2v) is 9.95. The number of carbonyl (C=O) groups excluding carboxylic acids is 2. The summed E-state index contributed by atoms with van der Waals surface area (Å²) in [6.07, 6.45) is 0. The first-order chi connectivity index (χ1) is 17.5. The number of aliphatic hydroxyl groups excluding tert-OH is 1. The molecule has 1 aliphatic heterocycles. The summed E-state index contributed by atoms with van der Waals surface area (Å²) in [4.78, 5) is 38.7. The van der Waals surface area contributed by atoms with Gasteiger partial charge in [0.15, 0.2) is 0 Å². The third-order valence-electron chi connectivity index (χ3n) is 6.47. The molecular formula is C29H28N2O6. The maximum absolute atomic E-state index is 13.3. The number of likely N-dealkylation sites (tertiary alicyclic amines) is 1. The second-order valence-electron chi connectivity index (χ2n) is 9.95. The van der Waals surface area contributed by atoms with Gasteiger partial charge < -0.3 is 14.7 Å². The van der Waals surface area contributed by atoms with E-state index in [2.05, 4.69) is 20.8 Å². The van der Waals surface area contributed by atoms with Crippen LogP contribution in [-0.4, -0.2) is 33.7 Å².